The van der Waals surface area contributed by atoms with E-state index in [1.807, 2.05) is 97.9 Å². The van der Waals surface area contributed by atoms with E-state index in [2.05, 4.69) is 24.7 Å². The van der Waals surface area contributed by atoms with Gasteiger partial charge in [0.1, 0.15) is 41.6 Å². The number of hydrogen-bond acceptors (Lipinski definition) is 16. The van der Waals surface area contributed by atoms with E-state index in [4.69, 9.17) is 9.40 Å². The van der Waals surface area contributed by atoms with Crippen LogP contribution in [0.5, 0.6) is 0 Å². The van der Waals surface area contributed by atoms with E-state index in [-0.39, 0.29) is 15.4 Å². The second-order valence-corrected chi connectivity index (χ2v) is 20.6. The van der Waals surface area contributed by atoms with Crippen molar-refractivity contribution in [3.63, 3.8) is 0 Å². The van der Waals surface area contributed by atoms with Crippen LogP contribution in [0.25, 0.3) is 75.0 Å². The van der Waals surface area contributed by atoms with Crippen molar-refractivity contribution in [1.82, 2.24) is 9.97 Å². The van der Waals surface area contributed by atoms with E-state index in [1.165, 1.54) is 29.5 Å². The van der Waals surface area contributed by atoms with Crippen molar-refractivity contribution in [3.05, 3.63) is 150 Å². The minimum absolute atomic E-state index is 0.242. The van der Waals surface area contributed by atoms with Gasteiger partial charge in [0.25, 0.3) is 0 Å². The van der Waals surface area contributed by atoms with Crippen LogP contribution in [0.15, 0.2) is 153 Å². The summed E-state index contributed by atoms with van der Waals surface area (Å²) in [5.74, 6) is 0.422. The van der Waals surface area contributed by atoms with Crippen molar-refractivity contribution in [2.75, 3.05) is 5.32 Å². The Kier molecular flexibility index (Phi) is 11.3. The molecule has 2 aliphatic rings. The first-order chi connectivity index (χ1) is 31.7. The number of anilines is 2. The zero-order chi connectivity index (χ0) is 45.9. The van der Waals surface area contributed by atoms with Gasteiger partial charge in [0.05, 0.1) is 48.3 Å². The number of aromatic nitrogens is 2. The van der Waals surface area contributed by atoms with Crippen LogP contribution in [0.3, 0.4) is 0 Å². The average Bonchev–Trinajstić information content (AvgIpc) is 3.90. The van der Waals surface area contributed by atoms with Crippen LogP contribution in [0, 0.1) is 13.8 Å². The van der Waals surface area contributed by atoms with E-state index in [9.17, 15) is 31.2 Å². The Hall–Kier alpha value is -6.36. The molecular formula is C47H30N4O10S5-2. The number of nitrogens with one attached hydrogen (secondary N) is 2. The third-order valence-electron chi connectivity index (χ3n) is 10.8. The molecule has 0 spiro atoms. The van der Waals surface area contributed by atoms with E-state index < -0.39 is 20.2 Å². The van der Waals surface area contributed by atoms with E-state index >= 15 is 0 Å². The van der Waals surface area contributed by atoms with E-state index in [0.29, 0.717) is 55.0 Å². The summed E-state index contributed by atoms with van der Waals surface area (Å²) in [5, 5.41) is 20.0. The molecule has 0 amide bonds. The number of hydrogen-bond donors (Lipinski definition) is 2. The van der Waals surface area contributed by atoms with Gasteiger partial charge in [-0.1, -0.05) is 18.2 Å². The van der Waals surface area contributed by atoms with Crippen molar-refractivity contribution >= 4 is 103 Å². The Labute approximate surface area is 388 Å². The largest absolute Gasteiger partial charge is 0.744 e. The standard InChI is InChI=1S/C47H32N4O10S5/c1-25-19-41-36(23-40(25)64-61-60-52)50-46(62-41)27-7-11-29(12-8-27)48-31-15-17-33-38(21-31)59-39-22-32(16-18-34(39)45(33)35-5-3-4-6-43(35)65(53,54)55)49-30-13-9-28(10-14-30)47-51-37-24-44(66(56,57)58)26(2)20-42(37)63-47/h3-24,48,52H,1-2H3,(H,53,54,55)(H,56,57,58)/p-2. The van der Waals surface area contributed by atoms with E-state index in [1.54, 1.807) is 42.5 Å². The molecule has 0 fully saturated rings. The lowest BCUT2D eigenvalue weighted by atomic mass is 9.93. The third kappa shape index (κ3) is 8.60. The lowest BCUT2D eigenvalue weighted by Gasteiger charge is -2.19. The molecule has 0 atom stereocenters. The molecule has 330 valence electrons. The molecule has 66 heavy (non-hydrogen) atoms. The van der Waals surface area contributed by atoms with Gasteiger partial charge in [0.2, 0.25) is 11.0 Å². The van der Waals surface area contributed by atoms with Crippen molar-refractivity contribution < 1.29 is 50.0 Å². The molecule has 1 aliphatic carbocycles. The van der Waals surface area contributed by atoms with Gasteiger partial charge in [-0.15, -0.1) is 22.7 Å². The highest BCUT2D eigenvalue weighted by Gasteiger charge is 2.22. The molecule has 3 heterocycles. The van der Waals surface area contributed by atoms with Crippen molar-refractivity contribution in [1.29, 1.82) is 0 Å². The first-order valence-electron chi connectivity index (χ1n) is 19.7. The quantitative estimate of drug-likeness (QED) is 0.0408. The SMILES string of the molecule is Cc1cc2sc(-c3ccc(Nc4ccc5c(-c6ccccc6S(=O)(=O)[O-])c6ccc(=[NH+]c7ccc(-c8nc9cc(S(=O)(=O)[O-])c(C)cc9s8)cc7)cc-6oc5c4)cc3)nc2cc1SOO[O-]. The van der Waals surface area contributed by atoms with Crippen LogP contribution < -0.4 is 20.9 Å². The summed E-state index contributed by atoms with van der Waals surface area (Å²) < 4.78 is 85.9. The first kappa shape index (κ1) is 43.5. The Balaban J connectivity index is 0.989. The summed E-state index contributed by atoms with van der Waals surface area (Å²) in [4.78, 5) is 12.9. The number of rotatable bonds is 11. The van der Waals surface area contributed by atoms with Crippen molar-refractivity contribution in [2.45, 2.75) is 28.5 Å². The van der Waals surface area contributed by atoms with Crippen LogP contribution in [0.4, 0.5) is 17.1 Å². The molecule has 19 heteroatoms. The fraction of sp³-hybridized carbons (Fsp3) is 0.0426. The monoisotopic (exact) mass is 970 g/mol. The molecule has 2 aromatic heterocycles. The number of aryl methyl sites for hydroxylation is 2. The zero-order valence-corrected chi connectivity index (χ0v) is 38.3. The van der Waals surface area contributed by atoms with Gasteiger partial charge < -0.3 is 24.1 Å². The molecular weight excluding hydrogens is 941 g/mol. The Morgan fingerprint density at radius 1 is 0.667 bits per heavy atom. The lowest BCUT2D eigenvalue weighted by molar-refractivity contribution is -0.777. The number of nitrogens with zero attached hydrogens (tertiary/aromatic N) is 2. The second kappa shape index (κ2) is 17.1. The van der Waals surface area contributed by atoms with Gasteiger partial charge in [-0.3, -0.25) is 5.04 Å². The number of fused-ring (bicyclic) bond motifs is 4. The number of thiazole rings is 2. The molecule has 1 aliphatic heterocycles. The van der Waals surface area contributed by atoms with Crippen LogP contribution in [0.2, 0.25) is 0 Å². The molecule has 10 rings (SSSR count). The minimum Gasteiger partial charge on any atom is -0.744 e. The summed E-state index contributed by atoms with van der Waals surface area (Å²) in [6.07, 6.45) is 0. The van der Waals surface area contributed by atoms with Gasteiger partial charge >= 0.3 is 0 Å². The molecule has 0 saturated carbocycles. The molecule has 14 nitrogen and oxygen atoms in total. The van der Waals surface area contributed by atoms with Crippen LogP contribution >= 0.6 is 34.7 Å². The average molecular weight is 971 g/mol. The highest BCUT2D eigenvalue weighted by atomic mass is 32.2. The molecule has 6 aromatic carbocycles. The van der Waals surface area contributed by atoms with E-state index in [0.717, 1.165) is 64.9 Å². The molecule has 0 unspecified atom stereocenters. The molecule has 8 aromatic rings. The fourth-order valence-corrected chi connectivity index (χ4v) is 11.7. The van der Waals surface area contributed by atoms with Crippen molar-refractivity contribution in [2.24, 2.45) is 0 Å². The van der Waals surface area contributed by atoms with Crippen molar-refractivity contribution in [3.8, 4) is 43.6 Å². The maximum absolute atomic E-state index is 12.6. The van der Waals surface area contributed by atoms with Gasteiger partial charge in [-0.2, -0.15) is 4.33 Å². The van der Waals surface area contributed by atoms with Gasteiger partial charge in [-0.05, 0) is 110 Å². The maximum Gasteiger partial charge on any atom is 0.207 e. The Bertz CT molecular complexity index is 3810. The summed E-state index contributed by atoms with van der Waals surface area (Å²) in [7, 11) is -9.51. The summed E-state index contributed by atoms with van der Waals surface area (Å²) in [6, 6.07) is 39.1. The van der Waals surface area contributed by atoms with Crippen LogP contribution in [-0.2, 0) is 29.6 Å². The predicted molar refractivity (Wildman–Crippen MR) is 249 cm³/mol. The third-order valence-corrected chi connectivity index (χ3v) is 15.5. The Morgan fingerprint density at radius 2 is 1.30 bits per heavy atom. The molecule has 0 radical (unpaired) electrons. The molecule has 2 N–H and O–H groups in total. The first-order valence-corrected chi connectivity index (χ1v) is 24.9. The highest BCUT2D eigenvalue weighted by Crippen LogP contribution is 2.43. The molecule has 0 bridgehead atoms. The zero-order valence-electron chi connectivity index (χ0n) is 34.2. The summed E-state index contributed by atoms with van der Waals surface area (Å²) >= 11 is 3.76. The van der Waals surface area contributed by atoms with Crippen LogP contribution in [-0.4, -0.2) is 35.9 Å². The minimum atomic E-state index is -4.87. The second-order valence-electron chi connectivity index (χ2n) is 15.1. The fourth-order valence-electron chi connectivity index (χ4n) is 7.72. The topological polar surface area (TPSA) is 221 Å². The Morgan fingerprint density at radius 3 is 1.98 bits per heavy atom. The highest BCUT2D eigenvalue weighted by molar-refractivity contribution is 7.94. The van der Waals surface area contributed by atoms with Gasteiger partial charge in [0.15, 0.2) is 0 Å². The summed E-state index contributed by atoms with van der Waals surface area (Å²) in [5.41, 5.74) is 8.15. The number of benzene rings is 7. The smallest absolute Gasteiger partial charge is 0.207 e. The summed E-state index contributed by atoms with van der Waals surface area (Å²) in [6.45, 7) is 3.49. The van der Waals surface area contributed by atoms with Gasteiger partial charge in [-0.25, -0.2) is 31.8 Å². The predicted octanol–water partition coefficient (Wildman–Crippen LogP) is 8.47. The maximum atomic E-state index is 12.6. The van der Waals surface area contributed by atoms with Crippen LogP contribution in [0.1, 0.15) is 11.1 Å². The molecule has 0 saturated heterocycles. The lowest BCUT2D eigenvalue weighted by Crippen LogP contribution is -2.70. The normalized spacial score (nSPS) is 12.5. The van der Waals surface area contributed by atoms with Gasteiger partial charge in [0, 0.05) is 73.7 Å².